The third kappa shape index (κ3) is 10.9. The molecule has 0 unspecified atom stereocenters. The smallest absolute Gasteiger partial charge is 0 e. The van der Waals surface area contributed by atoms with E-state index in [1.165, 1.54) is 0 Å². The van der Waals surface area contributed by atoms with E-state index in [-0.39, 0.29) is 32.7 Å². The van der Waals surface area contributed by atoms with E-state index in [1.807, 2.05) is 13.0 Å². The summed E-state index contributed by atoms with van der Waals surface area (Å²) in [6.45, 7) is 6.19. The minimum atomic E-state index is 0. The van der Waals surface area contributed by atoms with Gasteiger partial charge in [-0.2, -0.15) is 6.92 Å². The van der Waals surface area contributed by atoms with Gasteiger partial charge in [0, 0.05) is 32.7 Å². The zero-order valence-corrected chi connectivity index (χ0v) is 8.07. The largest absolute Gasteiger partial charge is 0.504 e. The maximum atomic E-state index is 2.94. The Morgan fingerprint density at radius 1 is 1.43 bits per heavy atom. The number of rotatable bonds is 1. The summed E-state index contributed by atoms with van der Waals surface area (Å²) in [5.41, 5.74) is 0. The van der Waals surface area contributed by atoms with Crippen LogP contribution in [0.15, 0.2) is 6.08 Å². The summed E-state index contributed by atoms with van der Waals surface area (Å²) in [4.78, 5) is 0. The average Bonchev–Trinajstić information content (AvgIpc) is 1.35. The van der Waals surface area contributed by atoms with Gasteiger partial charge in [0.25, 0.3) is 0 Å². The molecule has 0 atom stereocenters. The van der Waals surface area contributed by atoms with Crippen LogP contribution in [0.2, 0.25) is 0 Å². The van der Waals surface area contributed by atoms with E-state index in [0.717, 1.165) is 0 Å². The van der Waals surface area contributed by atoms with E-state index in [9.17, 15) is 0 Å². The van der Waals surface area contributed by atoms with Crippen molar-refractivity contribution in [2.45, 2.75) is 20.8 Å². The summed E-state index contributed by atoms with van der Waals surface area (Å²) in [6.07, 6.45) is 4.98. The quantitative estimate of drug-likeness (QED) is 0.531. The molecule has 0 aliphatic heterocycles. The maximum absolute atomic E-state index is 2.94. The van der Waals surface area contributed by atoms with Crippen LogP contribution >= 0.6 is 0 Å². The van der Waals surface area contributed by atoms with Crippen LogP contribution in [0, 0.1) is 12.0 Å². The Kier molecular flexibility index (Phi) is 10.5. The van der Waals surface area contributed by atoms with Gasteiger partial charge in [-0.25, -0.2) is 0 Å². The Morgan fingerprint density at radius 2 is 1.86 bits per heavy atom. The van der Waals surface area contributed by atoms with Gasteiger partial charge >= 0.3 is 0 Å². The Bertz CT molecular complexity index is 46.1. The molecule has 0 N–H and O–H groups in total. The molecule has 0 saturated heterocycles. The van der Waals surface area contributed by atoms with Crippen molar-refractivity contribution in [2.75, 3.05) is 0 Å². The van der Waals surface area contributed by atoms with E-state index < -0.39 is 0 Å². The van der Waals surface area contributed by atoms with Crippen LogP contribution in [-0.2, 0) is 32.7 Å². The molecule has 0 nitrogen and oxygen atoms in total. The summed E-state index contributed by atoms with van der Waals surface area (Å²) in [5.74, 6) is 0.662. The molecule has 0 aromatic heterocycles. The van der Waals surface area contributed by atoms with Crippen molar-refractivity contribution in [2.24, 2.45) is 5.92 Å². The first kappa shape index (κ1) is 10.8. The molecule has 0 aromatic rings. The van der Waals surface area contributed by atoms with Crippen molar-refractivity contribution >= 4 is 0 Å². The molecule has 0 aromatic carbocycles. The molecule has 1 heteroatoms. The zero-order chi connectivity index (χ0) is 4.99. The van der Waals surface area contributed by atoms with Gasteiger partial charge in [0.2, 0.25) is 0 Å². The fourth-order valence-electron chi connectivity index (χ4n) is 0.333. The van der Waals surface area contributed by atoms with Crippen molar-refractivity contribution in [1.82, 2.24) is 0 Å². The topological polar surface area (TPSA) is 0 Å². The molecule has 0 rings (SSSR count). The van der Waals surface area contributed by atoms with Gasteiger partial charge in [-0.3, -0.25) is 6.08 Å². The normalized spacial score (nSPS) is 9.71. The SMILES string of the molecule is C[C-]=CC(C)C.[Y]. The van der Waals surface area contributed by atoms with Crippen LogP contribution in [0.1, 0.15) is 20.8 Å². The number of allylic oxidation sites excluding steroid dienone is 2. The molecular weight excluding hydrogens is 161 g/mol. The molecule has 0 fully saturated rings. The van der Waals surface area contributed by atoms with Gasteiger partial charge in [-0.15, -0.1) is 0 Å². The fraction of sp³-hybridized carbons (Fsp3) is 0.667. The van der Waals surface area contributed by atoms with Crippen LogP contribution < -0.4 is 0 Å². The summed E-state index contributed by atoms with van der Waals surface area (Å²) < 4.78 is 0. The van der Waals surface area contributed by atoms with Crippen LogP contribution in [0.3, 0.4) is 0 Å². The second-order valence-corrected chi connectivity index (χ2v) is 1.70. The molecule has 0 amide bonds. The third-order valence-corrected chi connectivity index (χ3v) is 0.500. The van der Waals surface area contributed by atoms with Crippen molar-refractivity contribution in [3.63, 3.8) is 0 Å². The van der Waals surface area contributed by atoms with Crippen LogP contribution in [0.25, 0.3) is 0 Å². The van der Waals surface area contributed by atoms with E-state index in [1.54, 1.807) is 0 Å². The first-order valence-corrected chi connectivity index (χ1v) is 2.28. The summed E-state index contributed by atoms with van der Waals surface area (Å²) in [6, 6.07) is 0. The minimum Gasteiger partial charge on any atom is -0.504 e. The summed E-state index contributed by atoms with van der Waals surface area (Å²) in [7, 11) is 0. The van der Waals surface area contributed by atoms with E-state index in [4.69, 9.17) is 0 Å². The minimum absolute atomic E-state index is 0. The Labute approximate surface area is 71.3 Å². The number of hydrogen-bond acceptors (Lipinski definition) is 0. The van der Waals surface area contributed by atoms with Gasteiger partial charge in [0.05, 0.1) is 0 Å². The van der Waals surface area contributed by atoms with Crippen molar-refractivity contribution in [1.29, 1.82) is 0 Å². The molecule has 0 bridgehead atoms. The fourth-order valence-corrected chi connectivity index (χ4v) is 0.333. The Hall–Kier alpha value is 0.844. The van der Waals surface area contributed by atoms with Crippen LogP contribution in [-0.4, -0.2) is 0 Å². The average molecular weight is 172 g/mol. The van der Waals surface area contributed by atoms with Gasteiger partial charge < -0.3 is 6.08 Å². The predicted octanol–water partition coefficient (Wildman–Crippen LogP) is 2.02. The molecular formula is C6H11Y-. The van der Waals surface area contributed by atoms with Gasteiger partial charge in [-0.1, -0.05) is 19.8 Å². The second-order valence-electron chi connectivity index (χ2n) is 1.70. The second kappa shape index (κ2) is 6.84. The van der Waals surface area contributed by atoms with E-state index in [2.05, 4.69) is 19.9 Å². The molecule has 39 valence electrons. The number of hydrogen-bond donors (Lipinski definition) is 0. The summed E-state index contributed by atoms with van der Waals surface area (Å²) >= 11 is 0. The Morgan fingerprint density at radius 3 is 1.86 bits per heavy atom. The van der Waals surface area contributed by atoms with E-state index in [0.29, 0.717) is 5.92 Å². The first-order chi connectivity index (χ1) is 2.77. The molecule has 0 spiro atoms. The maximum Gasteiger partial charge on any atom is 0 e. The van der Waals surface area contributed by atoms with Gasteiger partial charge in [-0.05, 0) is 0 Å². The molecule has 1 radical (unpaired) electrons. The van der Waals surface area contributed by atoms with Crippen LogP contribution in [0.5, 0.6) is 0 Å². The first-order valence-electron chi connectivity index (χ1n) is 2.28. The molecule has 0 heterocycles. The van der Waals surface area contributed by atoms with Crippen LogP contribution in [0.4, 0.5) is 0 Å². The Balaban J connectivity index is 0. The molecule has 0 saturated carbocycles. The molecule has 0 aliphatic rings. The third-order valence-electron chi connectivity index (χ3n) is 0.500. The van der Waals surface area contributed by atoms with Crippen molar-refractivity contribution in [3.8, 4) is 0 Å². The predicted molar refractivity (Wildman–Crippen MR) is 28.3 cm³/mol. The zero-order valence-electron chi connectivity index (χ0n) is 5.23. The van der Waals surface area contributed by atoms with Gasteiger partial charge in [0.1, 0.15) is 0 Å². The van der Waals surface area contributed by atoms with E-state index >= 15 is 0 Å². The van der Waals surface area contributed by atoms with Crippen molar-refractivity contribution < 1.29 is 32.7 Å². The van der Waals surface area contributed by atoms with Crippen molar-refractivity contribution in [3.05, 3.63) is 12.2 Å². The van der Waals surface area contributed by atoms with Gasteiger partial charge in [0.15, 0.2) is 0 Å². The standard InChI is InChI=1S/C6H11.Y/c1-4-5-6(2)3;/h5-6H,1-3H3;/q-1;. The summed E-state index contributed by atoms with van der Waals surface area (Å²) in [5, 5.41) is 0. The monoisotopic (exact) mass is 172 g/mol. The molecule has 0 aliphatic carbocycles. The molecule has 7 heavy (non-hydrogen) atoms.